The quantitative estimate of drug-likeness (QED) is 0.468. The second-order valence-electron chi connectivity index (χ2n) is 6.76. The number of rotatable bonds is 5. The standard InChI is InChI=1S/C21H29N/c1-6-17(7-2)19-12-13-20(22-14-19)21(15(3)4)18-10-8-16(5)9-11-18/h6-7,12-14,16,18,21H,1,3,8-11H2,2,4-5H3/b17-7+/t16-,18-,21?. The second kappa shape index (κ2) is 7.58. The van der Waals surface area contributed by atoms with Gasteiger partial charge < -0.3 is 0 Å². The zero-order valence-corrected chi connectivity index (χ0v) is 14.3. The molecule has 22 heavy (non-hydrogen) atoms. The van der Waals surface area contributed by atoms with Gasteiger partial charge in [0, 0.05) is 17.8 Å². The second-order valence-corrected chi connectivity index (χ2v) is 6.76. The molecule has 1 aromatic heterocycles. The fourth-order valence-electron chi connectivity index (χ4n) is 3.68. The van der Waals surface area contributed by atoms with E-state index in [1.807, 2.05) is 19.2 Å². The molecule has 1 nitrogen and oxygen atoms in total. The highest BCUT2D eigenvalue weighted by Crippen LogP contribution is 2.40. The van der Waals surface area contributed by atoms with E-state index in [-0.39, 0.29) is 0 Å². The van der Waals surface area contributed by atoms with Crippen LogP contribution in [0.25, 0.3) is 5.57 Å². The third kappa shape index (κ3) is 3.76. The molecule has 0 spiro atoms. The highest BCUT2D eigenvalue weighted by molar-refractivity contribution is 5.72. The Bertz CT molecular complexity index is 542. The largest absolute Gasteiger partial charge is 0.260 e. The van der Waals surface area contributed by atoms with E-state index < -0.39 is 0 Å². The van der Waals surface area contributed by atoms with Gasteiger partial charge in [0.05, 0.1) is 0 Å². The molecule has 1 aliphatic rings. The van der Waals surface area contributed by atoms with E-state index in [1.165, 1.54) is 37.0 Å². The van der Waals surface area contributed by atoms with E-state index >= 15 is 0 Å². The first-order valence-electron chi connectivity index (χ1n) is 8.47. The summed E-state index contributed by atoms with van der Waals surface area (Å²) in [6.45, 7) is 14.7. The molecule has 1 aliphatic carbocycles. The van der Waals surface area contributed by atoms with Crippen molar-refractivity contribution in [3.8, 4) is 0 Å². The number of hydrogen-bond acceptors (Lipinski definition) is 1. The molecule has 1 aromatic rings. The lowest BCUT2D eigenvalue weighted by molar-refractivity contribution is 0.266. The Morgan fingerprint density at radius 3 is 2.41 bits per heavy atom. The van der Waals surface area contributed by atoms with Gasteiger partial charge in [0.25, 0.3) is 0 Å². The summed E-state index contributed by atoms with van der Waals surface area (Å²) in [5.74, 6) is 1.98. The number of hydrogen-bond donors (Lipinski definition) is 0. The van der Waals surface area contributed by atoms with Gasteiger partial charge in [-0.15, -0.1) is 0 Å². The molecule has 2 rings (SSSR count). The Balaban J connectivity index is 2.22. The fourth-order valence-corrected chi connectivity index (χ4v) is 3.68. The normalized spacial score (nSPS) is 23.9. The Hall–Kier alpha value is -1.63. The van der Waals surface area contributed by atoms with E-state index in [1.54, 1.807) is 0 Å². The molecule has 0 aromatic carbocycles. The van der Waals surface area contributed by atoms with Crippen molar-refractivity contribution in [2.45, 2.75) is 52.4 Å². The van der Waals surface area contributed by atoms with Crippen molar-refractivity contribution < 1.29 is 0 Å². The van der Waals surface area contributed by atoms with E-state index in [0.29, 0.717) is 11.8 Å². The lowest BCUT2D eigenvalue weighted by Crippen LogP contribution is -2.21. The molecule has 1 heterocycles. The molecule has 1 fully saturated rings. The Kier molecular flexibility index (Phi) is 5.76. The minimum atomic E-state index is 0.402. The maximum absolute atomic E-state index is 4.76. The smallest absolute Gasteiger partial charge is 0.0478 e. The minimum absolute atomic E-state index is 0.402. The zero-order chi connectivity index (χ0) is 16.1. The van der Waals surface area contributed by atoms with Gasteiger partial charge in [0.2, 0.25) is 0 Å². The summed E-state index contributed by atoms with van der Waals surface area (Å²) in [5.41, 5.74) is 4.70. The molecule has 1 unspecified atom stereocenters. The van der Waals surface area contributed by atoms with Crippen LogP contribution in [0.2, 0.25) is 0 Å². The molecular weight excluding hydrogens is 266 g/mol. The van der Waals surface area contributed by atoms with Gasteiger partial charge in [0.15, 0.2) is 0 Å². The van der Waals surface area contributed by atoms with E-state index in [2.05, 4.69) is 45.2 Å². The molecule has 0 N–H and O–H groups in total. The van der Waals surface area contributed by atoms with Crippen molar-refractivity contribution >= 4 is 5.57 Å². The molecule has 0 bridgehead atoms. The van der Waals surface area contributed by atoms with Gasteiger partial charge in [-0.1, -0.05) is 56.7 Å². The van der Waals surface area contributed by atoms with Gasteiger partial charge in [-0.2, -0.15) is 0 Å². The van der Waals surface area contributed by atoms with E-state index in [0.717, 1.165) is 17.1 Å². The third-order valence-corrected chi connectivity index (χ3v) is 5.03. The van der Waals surface area contributed by atoms with Crippen LogP contribution in [0.1, 0.15) is 63.6 Å². The van der Waals surface area contributed by atoms with Crippen molar-refractivity contribution in [2.24, 2.45) is 11.8 Å². The fraction of sp³-hybridized carbons (Fsp3) is 0.476. The van der Waals surface area contributed by atoms with Crippen LogP contribution >= 0.6 is 0 Å². The number of allylic oxidation sites excluding steroid dienone is 4. The minimum Gasteiger partial charge on any atom is -0.260 e. The molecule has 118 valence electrons. The van der Waals surface area contributed by atoms with Gasteiger partial charge >= 0.3 is 0 Å². The van der Waals surface area contributed by atoms with Crippen LogP contribution in [0.15, 0.2) is 49.2 Å². The average Bonchev–Trinajstić information content (AvgIpc) is 2.52. The van der Waals surface area contributed by atoms with E-state index in [4.69, 9.17) is 4.98 Å². The Morgan fingerprint density at radius 2 is 1.95 bits per heavy atom. The third-order valence-electron chi connectivity index (χ3n) is 5.03. The number of aromatic nitrogens is 1. The maximum atomic E-state index is 4.76. The Morgan fingerprint density at radius 1 is 1.27 bits per heavy atom. The molecule has 0 radical (unpaired) electrons. The summed E-state index contributed by atoms with van der Waals surface area (Å²) < 4.78 is 0. The van der Waals surface area contributed by atoms with Crippen LogP contribution in [0, 0.1) is 11.8 Å². The van der Waals surface area contributed by atoms with Gasteiger partial charge in [-0.3, -0.25) is 4.98 Å². The summed E-state index contributed by atoms with van der Waals surface area (Å²) >= 11 is 0. The topological polar surface area (TPSA) is 12.9 Å². The van der Waals surface area contributed by atoms with Crippen molar-refractivity contribution in [2.75, 3.05) is 0 Å². The first-order valence-corrected chi connectivity index (χ1v) is 8.47. The summed E-state index contributed by atoms with van der Waals surface area (Å²) in [5, 5.41) is 0. The van der Waals surface area contributed by atoms with Crippen molar-refractivity contribution in [3.63, 3.8) is 0 Å². The van der Waals surface area contributed by atoms with Gasteiger partial charge in [-0.25, -0.2) is 0 Å². The lowest BCUT2D eigenvalue weighted by atomic mass is 9.73. The molecule has 0 aliphatic heterocycles. The molecule has 1 saturated carbocycles. The van der Waals surface area contributed by atoms with Crippen LogP contribution in [0.4, 0.5) is 0 Å². The predicted octanol–water partition coefficient (Wildman–Crippen LogP) is 6.16. The molecule has 1 atom stereocenters. The van der Waals surface area contributed by atoms with Crippen LogP contribution < -0.4 is 0 Å². The van der Waals surface area contributed by atoms with Gasteiger partial charge in [0.1, 0.15) is 0 Å². The molecule has 0 amide bonds. The number of nitrogens with zero attached hydrogens (tertiary/aromatic N) is 1. The van der Waals surface area contributed by atoms with Crippen LogP contribution in [-0.2, 0) is 0 Å². The zero-order valence-electron chi connectivity index (χ0n) is 14.3. The van der Waals surface area contributed by atoms with Crippen molar-refractivity contribution in [1.29, 1.82) is 0 Å². The van der Waals surface area contributed by atoms with Crippen molar-refractivity contribution in [1.82, 2.24) is 4.98 Å². The summed E-state index contributed by atoms with van der Waals surface area (Å²) in [7, 11) is 0. The van der Waals surface area contributed by atoms with Crippen LogP contribution in [0.3, 0.4) is 0 Å². The van der Waals surface area contributed by atoms with Crippen LogP contribution in [0.5, 0.6) is 0 Å². The average molecular weight is 295 g/mol. The number of pyridine rings is 1. The summed E-state index contributed by atoms with van der Waals surface area (Å²) in [4.78, 5) is 4.76. The molecule has 0 saturated heterocycles. The lowest BCUT2D eigenvalue weighted by Gasteiger charge is -2.33. The highest BCUT2D eigenvalue weighted by Gasteiger charge is 2.28. The monoisotopic (exact) mass is 295 g/mol. The predicted molar refractivity (Wildman–Crippen MR) is 96.8 cm³/mol. The molecule has 1 heteroatoms. The van der Waals surface area contributed by atoms with Gasteiger partial charge in [-0.05, 0) is 55.7 Å². The summed E-state index contributed by atoms with van der Waals surface area (Å²) in [6, 6.07) is 4.35. The SMILES string of the molecule is C=C/C(=C\C)c1ccc(C(C(=C)C)[C@H]2CC[C@H](C)CC2)nc1. The van der Waals surface area contributed by atoms with Crippen LogP contribution in [-0.4, -0.2) is 4.98 Å². The molecular formula is C21H29N. The maximum Gasteiger partial charge on any atom is 0.0478 e. The Labute approximate surface area is 135 Å². The van der Waals surface area contributed by atoms with Crippen molar-refractivity contribution in [3.05, 3.63) is 60.5 Å². The highest BCUT2D eigenvalue weighted by atomic mass is 14.7. The first-order chi connectivity index (χ1) is 10.6. The summed E-state index contributed by atoms with van der Waals surface area (Å²) in [6.07, 6.45) is 11.2. The first kappa shape index (κ1) is 16.7. The van der Waals surface area contributed by atoms with E-state index in [9.17, 15) is 0 Å².